The summed E-state index contributed by atoms with van der Waals surface area (Å²) in [7, 11) is 0. The second kappa shape index (κ2) is 6.57. The maximum absolute atomic E-state index is 12.5. The number of fused-ring (bicyclic) bond motifs is 1. The van der Waals surface area contributed by atoms with E-state index in [0.717, 1.165) is 5.56 Å². The molecule has 0 aliphatic heterocycles. The molecule has 0 fully saturated rings. The average molecular weight is 364 g/mol. The minimum atomic E-state index is -0.319. The van der Waals surface area contributed by atoms with Crippen molar-refractivity contribution in [3.63, 3.8) is 0 Å². The lowest BCUT2D eigenvalue weighted by atomic mass is 10.1. The molecule has 0 radical (unpaired) electrons. The zero-order valence-corrected chi connectivity index (χ0v) is 14.6. The summed E-state index contributed by atoms with van der Waals surface area (Å²) >= 11 is 6.28. The topological polar surface area (TPSA) is 72.2 Å². The van der Waals surface area contributed by atoms with E-state index in [4.69, 9.17) is 11.6 Å². The van der Waals surface area contributed by atoms with Crippen LogP contribution in [0.1, 0.15) is 16.2 Å². The van der Waals surface area contributed by atoms with Crippen LogP contribution >= 0.6 is 11.6 Å². The number of nitrogens with zero attached hydrogens (tertiary/aromatic N) is 4. The highest BCUT2D eigenvalue weighted by atomic mass is 35.5. The van der Waals surface area contributed by atoms with Crippen LogP contribution in [0.4, 0.5) is 5.82 Å². The second-order valence-corrected chi connectivity index (χ2v) is 6.09. The van der Waals surface area contributed by atoms with Crippen LogP contribution in [0.5, 0.6) is 0 Å². The van der Waals surface area contributed by atoms with Gasteiger partial charge in [0.1, 0.15) is 5.69 Å². The summed E-state index contributed by atoms with van der Waals surface area (Å²) in [4.78, 5) is 21.0. The Labute approximate surface area is 154 Å². The molecule has 4 rings (SSSR count). The van der Waals surface area contributed by atoms with Crippen molar-refractivity contribution < 1.29 is 4.79 Å². The van der Waals surface area contributed by atoms with E-state index in [1.165, 1.54) is 0 Å². The predicted octanol–water partition coefficient (Wildman–Crippen LogP) is 4.01. The highest BCUT2D eigenvalue weighted by molar-refractivity contribution is 6.33. The minimum absolute atomic E-state index is 0.319. The van der Waals surface area contributed by atoms with Gasteiger partial charge in [-0.25, -0.2) is 4.98 Å². The molecule has 1 amide bonds. The molecule has 0 saturated heterocycles. The third-order valence-electron chi connectivity index (χ3n) is 3.93. The first-order chi connectivity index (χ1) is 12.6. The number of nitrogens with one attached hydrogen (secondary N) is 1. The summed E-state index contributed by atoms with van der Waals surface area (Å²) in [6.45, 7) is 1.82. The Hall–Kier alpha value is -3.25. The lowest BCUT2D eigenvalue weighted by molar-refractivity contribution is 0.102. The molecular formula is C19H14ClN5O. The number of aryl methyl sites for hydroxylation is 1. The third-order valence-corrected chi connectivity index (χ3v) is 4.26. The molecule has 1 N–H and O–H groups in total. The number of halogens is 1. The van der Waals surface area contributed by atoms with Crippen molar-refractivity contribution in [2.24, 2.45) is 0 Å². The molecule has 0 spiro atoms. The number of carbonyl (C=O) groups excluding carboxylic acids is 1. The Morgan fingerprint density at radius 1 is 1.08 bits per heavy atom. The van der Waals surface area contributed by atoms with Crippen LogP contribution < -0.4 is 5.32 Å². The van der Waals surface area contributed by atoms with Crippen LogP contribution in [0, 0.1) is 6.92 Å². The van der Waals surface area contributed by atoms with E-state index >= 15 is 0 Å². The normalized spacial score (nSPS) is 10.8. The number of carbonyl (C=O) groups is 1. The maximum atomic E-state index is 12.5. The van der Waals surface area contributed by atoms with Crippen molar-refractivity contribution in [1.29, 1.82) is 0 Å². The van der Waals surface area contributed by atoms with Crippen molar-refractivity contribution in [1.82, 2.24) is 19.6 Å². The third kappa shape index (κ3) is 2.91. The summed E-state index contributed by atoms with van der Waals surface area (Å²) < 4.78 is 1.61. The quantitative estimate of drug-likeness (QED) is 0.597. The Balaban J connectivity index is 1.77. The standard InChI is InChI=1S/C19H14ClN5O/c1-12-18(23-19(26)16-8-4-5-11-21-16)25-17(22-12)10-9-15(24-25)13-6-2-3-7-14(13)20/h2-11H,1H3,(H,23,26). The van der Waals surface area contributed by atoms with E-state index in [2.05, 4.69) is 20.4 Å². The molecule has 3 aromatic heterocycles. The Morgan fingerprint density at radius 3 is 2.65 bits per heavy atom. The lowest BCUT2D eigenvalue weighted by Crippen LogP contribution is -2.16. The van der Waals surface area contributed by atoms with Crippen molar-refractivity contribution in [3.05, 3.63) is 77.2 Å². The van der Waals surface area contributed by atoms with Crippen LogP contribution in [-0.4, -0.2) is 25.5 Å². The molecule has 0 bridgehead atoms. The van der Waals surface area contributed by atoms with Crippen LogP contribution in [0.15, 0.2) is 60.8 Å². The Bertz CT molecular complexity index is 1110. The van der Waals surface area contributed by atoms with E-state index < -0.39 is 0 Å². The number of aromatic nitrogens is 4. The number of pyridine rings is 1. The molecule has 3 heterocycles. The Morgan fingerprint density at radius 2 is 1.88 bits per heavy atom. The summed E-state index contributed by atoms with van der Waals surface area (Å²) in [5.74, 6) is 0.185. The first kappa shape index (κ1) is 16.2. The second-order valence-electron chi connectivity index (χ2n) is 5.68. The zero-order chi connectivity index (χ0) is 18.1. The Kier molecular flexibility index (Phi) is 4.10. The number of benzene rings is 1. The molecule has 0 saturated carbocycles. The predicted molar refractivity (Wildman–Crippen MR) is 100 cm³/mol. The van der Waals surface area contributed by atoms with Crippen LogP contribution in [0.3, 0.4) is 0 Å². The largest absolute Gasteiger partial charge is 0.304 e. The number of anilines is 1. The number of amides is 1. The zero-order valence-electron chi connectivity index (χ0n) is 13.8. The molecule has 0 aliphatic carbocycles. The van der Waals surface area contributed by atoms with Gasteiger partial charge in [-0.15, -0.1) is 0 Å². The summed E-state index contributed by atoms with van der Waals surface area (Å²) in [6.07, 6.45) is 1.57. The van der Waals surface area contributed by atoms with Gasteiger partial charge in [-0.05, 0) is 37.3 Å². The maximum Gasteiger partial charge on any atom is 0.275 e. The van der Waals surface area contributed by atoms with Gasteiger partial charge >= 0.3 is 0 Å². The molecular weight excluding hydrogens is 350 g/mol. The first-order valence-corrected chi connectivity index (χ1v) is 8.35. The monoisotopic (exact) mass is 363 g/mol. The molecule has 0 atom stereocenters. The molecule has 26 heavy (non-hydrogen) atoms. The van der Waals surface area contributed by atoms with E-state index in [0.29, 0.717) is 33.6 Å². The van der Waals surface area contributed by atoms with E-state index in [9.17, 15) is 4.79 Å². The summed E-state index contributed by atoms with van der Waals surface area (Å²) in [5, 5.41) is 8.06. The van der Waals surface area contributed by atoms with Gasteiger partial charge < -0.3 is 5.32 Å². The average Bonchev–Trinajstić information content (AvgIpc) is 2.97. The fraction of sp³-hybridized carbons (Fsp3) is 0.0526. The van der Waals surface area contributed by atoms with Crippen LogP contribution in [-0.2, 0) is 0 Å². The molecule has 1 aromatic carbocycles. The van der Waals surface area contributed by atoms with E-state index in [1.54, 1.807) is 28.9 Å². The summed E-state index contributed by atoms with van der Waals surface area (Å²) in [5.41, 5.74) is 3.12. The van der Waals surface area contributed by atoms with Gasteiger partial charge in [0, 0.05) is 11.8 Å². The van der Waals surface area contributed by atoms with Crippen molar-refractivity contribution in [2.45, 2.75) is 6.92 Å². The van der Waals surface area contributed by atoms with Crippen LogP contribution in [0.2, 0.25) is 5.02 Å². The lowest BCUT2D eigenvalue weighted by Gasteiger charge is -2.07. The van der Waals surface area contributed by atoms with Crippen molar-refractivity contribution in [3.8, 4) is 11.3 Å². The van der Waals surface area contributed by atoms with Crippen LogP contribution in [0.25, 0.3) is 16.9 Å². The fourth-order valence-electron chi connectivity index (χ4n) is 2.67. The highest BCUT2D eigenvalue weighted by Crippen LogP contribution is 2.27. The highest BCUT2D eigenvalue weighted by Gasteiger charge is 2.16. The number of hydrogen-bond donors (Lipinski definition) is 1. The van der Waals surface area contributed by atoms with Gasteiger partial charge in [-0.2, -0.15) is 9.61 Å². The number of rotatable bonds is 3. The van der Waals surface area contributed by atoms with E-state index in [-0.39, 0.29) is 5.91 Å². The molecule has 6 nitrogen and oxygen atoms in total. The van der Waals surface area contributed by atoms with Crippen molar-refractivity contribution in [2.75, 3.05) is 5.32 Å². The van der Waals surface area contributed by atoms with Crippen molar-refractivity contribution >= 4 is 29.0 Å². The van der Waals surface area contributed by atoms with Gasteiger partial charge in [0.05, 0.1) is 16.4 Å². The van der Waals surface area contributed by atoms with Gasteiger partial charge in [0.25, 0.3) is 5.91 Å². The van der Waals surface area contributed by atoms with Gasteiger partial charge in [-0.1, -0.05) is 35.9 Å². The smallest absolute Gasteiger partial charge is 0.275 e. The number of imidazole rings is 1. The number of hydrogen-bond acceptors (Lipinski definition) is 4. The minimum Gasteiger partial charge on any atom is -0.304 e. The SMILES string of the molecule is Cc1nc2ccc(-c3ccccc3Cl)nn2c1NC(=O)c1ccccn1. The summed E-state index contributed by atoms with van der Waals surface area (Å²) in [6, 6.07) is 16.3. The van der Waals surface area contributed by atoms with Gasteiger partial charge in [0.2, 0.25) is 0 Å². The molecule has 4 aromatic rings. The first-order valence-electron chi connectivity index (χ1n) is 7.97. The molecule has 128 valence electrons. The van der Waals surface area contributed by atoms with E-state index in [1.807, 2.05) is 43.3 Å². The van der Waals surface area contributed by atoms with Gasteiger partial charge in [-0.3, -0.25) is 9.78 Å². The van der Waals surface area contributed by atoms with Gasteiger partial charge in [0.15, 0.2) is 11.5 Å². The molecule has 7 heteroatoms. The fourth-order valence-corrected chi connectivity index (χ4v) is 2.90. The molecule has 0 aliphatic rings. The molecule has 0 unspecified atom stereocenters.